The minimum absolute atomic E-state index is 0.00950. The Bertz CT molecular complexity index is 893. The van der Waals surface area contributed by atoms with Gasteiger partial charge in [0.15, 0.2) is 11.5 Å². The Labute approximate surface area is 148 Å². The molecule has 1 N–H and O–H groups in total. The lowest BCUT2D eigenvalue weighted by Gasteiger charge is -2.07. The van der Waals surface area contributed by atoms with Crippen molar-refractivity contribution in [3.05, 3.63) is 53.1 Å². The number of methoxy groups -OCH3 is 2. The normalized spacial score (nSPS) is 10.4. The van der Waals surface area contributed by atoms with Crippen LogP contribution < -0.4 is 14.8 Å². The fourth-order valence-corrected chi connectivity index (χ4v) is 2.26. The summed E-state index contributed by atoms with van der Waals surface area (Å²) in [6, 6.07) is 11.6. The molecule has 128 valence electrons. The van der Waals surface area contributed by atoms with Gasteiger partial charge in [-0.25, -0.2) is 0 Å². The molecule has 1 heterocycles. The zero-order valence-electron chi connectivity index (χ0n) is 13.4. The van der Waals surface area contributed by atoms with Crippen LogP contribution in [0.2, 0.25) is 5.02 Å². The summed E-state index contributed by atoms with van der Waals surface area (Å²) in [6.45, 7) is 0. The molecule has 0 unspecified atom stereocenters. The van der Waals surface area contributed by atoms with Gasteiger partial charge in [0.05, 0.1) is 14.2 Å². The van der Waals surface area contributed by atoms with E-state index < -0.39 is 0 Å². The van der Waals surface area contributed by atoms with Crippen molar-refractivity contribution >= 4 is 23.5 Å². The van der Waals surface area contributed by atoms with Gasteiger partial charge in [0.1, 0.15) is 0 Å². The highest BCUT2D eigenvalue weighted by Crippen LogP contribution is 2.32. The fourth-order valence-electron chi connectivity index (χ4n) is 2.13. The standard InChI is InChI=1S/C17H14ClN3O4/c1-23-13-8-5-11(9-14(13)24-2)16-20-21-17(25-16)19-15(22)10-3-6-12(18)7-4-10/h3-9H,1-2H3,(H,19,21,22). The molecule has 1 amide bonds. The monoisotopic (exact) mass is 359 g/mol. The average Bonchev–Trinajstić information content (AvgIpc) is 3.10. The van der Waals surface area contributed by atoms with E-state index in [1.165, 1.54) is 7.11 Å². The lowest BCUT2D eigenvalue weighted by molar-refractivity contribution is 0.102. The molecule has 0 fully saturated rings. The lowest BCUT2D eigenvalue weighted by Crippen LogP contribution is -2.11. The molecule has 0 saturated carbocycles. The Hall–Kier alpha value is -3.06. The Morgan fingerprint density at radius 2 is 1.76 bits per heavy atom. The van der Waals surface area contributed by atoms with Gasteiger partial charge in [-0.1, -0.05) is 16.7 Å². The van der Waals surface area contributed by atoms with Crippen molar-refractivity contribution < 1.29 is 18.7 Å². The number of carbonyl (C=O) groups excluding carboxylic acids is 1. The second-order valence-corrected chi connectivity index (χ2v) is 5.38. The molecule has 0 spiro atoms. The van der Waals surface area contributed by atoms with E-state index in [1.807, 2.05) is 0 Å². The molecule has 7 nitrogen and oxygen atoms in total. The van der Waals surface area contributed by atoms with Gasteiger partial charge in [-0.3, -0.25) is 10.1 Å². The van der Waals surface area contributed by atoms with Crippen molar-refractivity contribution in [2.45, 2.75) is 0 Å². The first-order chi connectivity index (χ1) is 12.1. The number of nitrogens with one attached hydrogen (secondary N) is 1. The van der Waals surface area contributed by atoms with Crippen LogP contribution >= 0.6 is 11.6 Å². The number of benzene rings is 2. The van der Waals surface area contributed by atoms with Gasteiger partial charge in [-0.15, -0.1) is 5.10 Å². The smallest absolute Gasteiger partial charge is 0.322 e. The summed E-state index contributed by atoms with van der Waals surface area (Å²) in [4.78, 5) is 12.1. The summed E-state index contributed by atoms with van der Waals surface area (Å²) in [7, 11) is 3.09. The molecule has 0 aliphatic carbocycles. The molecule has 3 aromatic rings. The van der Waals surface area contributed by atoms with Gasteiger partial charge < -0.3 is 13.9 Å². The van der Waals surface area contributed by atoms with E-state index in [0.29, 0.717) is 27.6 Å². The van der Waals surface area contributed by atoms with E-state index in [4.69, 9.17) is 25.5 Å². The molecule has 2 aromatic carbocycles. The highest BCUT2D eigenvalue weighted by atomic mass is 35.5. The number of ether oxygens (including phenoxy) is 2. The van der Waals surface area contributed by atoms with E-state index >= 15 is 0 Å². The van der Waals surface area contributed by atoms with Crippen molar-refractivity contribution in [2.24, 2.45) is 0 Å². The summed E-state index contributed by atoms with van der Waals surface area (Å²) < 4.78 is 15.9. The van der Waals surface area contributed by atoms with Gasteiger partial charge in [0, 0.05) is 16.1 Å². The van der Waals surface area contributed by atoms with E-state index in [1.54, 1.807) is 49.6 Å². The van der Waals surface area contributed by atoms with Crippen LogP contribution in [-0.4, -0.2) is 30.3 Å². The van der Waals surface area contributed by atoms with Crippen molar-refractivity contribution in [1.82, 2.24) is 10.2 Å². The third-order valence-electron chi connectivity index (χ3n) is 3.38. The molecule has 0 aliphatic rings. The van der Waals surface area contributed by atoms with Crippen LogP contribution in [0.1, 0.15) is 10.4 Å². The van der Waals surface area contributed by atoms with Gasteiger partial charge in [-0.2, -0.15) is 0 Å². The fraction of sp³-hybridized carbons (Fsp3) is 0.118. The molecule has 0 saturated heterocycles. The SMILES string of the molecule is COc1ccc(-c2nnc(NC(=O)c3ccc(Cl)cc3)o2)cc1OC. The maximum Gasteiger partial charge on any atom is 0.322 e. The maximum absolute atomic E-state index is 12.1. The molecule has 0 aliphatic heterocycles. The molecule has 0 atom stereocenters. The molecular weight excluding hydrogens is 346 g/mol. The lowest BCUT2D eigenvalue weighted by atomic mass is 10.2. The summed E-state index contributed by atoms with van der Waals surface area (Å²) >= 11 is 5.80. The van der Waals surface area contributed by atoms with E-state index in [2.05, 4.69) is 15.5 Å². The number of hydrogen-bond acceptors (Lipinski definition) is 6. The Balaban J connectivity index is 1.78. The quantitative estimate of drug-likeness (QED) is 0.748. The minimum Gasteiger partial charge on any atom is -0.493 e. The average molecular weight is 360 g/mol. The first-order valence-corrected chi connectivity index (χ1v) is 7.61. The van der Waals surface area contributed by atoms with Gasteiger partial charge in [-0.05, 0) is 42.5 Å². The first-order valence-electron chi connectivity index (χ1n) is 7.23. The predicted octanol–water partition coefficient (Wildman–Crippen LogP) is 3.66. The Kier molecular flexibility index (Phi) is 4.85. The van der Waals surface area contributed by atoms with Gasteiger partial charge in [0.2, 0.25) is 5.89 Å². The third kappa shape index (κ3) is 3.72. The molecular formula is C17H14ClN3O4. The summed E-state index contributed by atoms with van der Waals surface area (Å²) in [6.07, 6.45) is 0. The van der Waals surface area contributed by atoms with Crippen LogP contribution in [0.25, 0.3) is 11.5 Å². The number of hydrogen-bond donors (Lipinski definition) is 1. The van der Waals surface area contributed by atoms with Crippen molar-refractivity contribution in [2.75, 3.05) is 19.5 Å². The van der Waals surface area contributed by atoms with Crippen LogP contribution in [0.4, 0.5) is 6.01 Å². The number of anilines is 1. The zero-order chi connectivity index (χ0) is 17.8. The third-order valence-corrected chi connectivity index (χ3v) is 3.63. The van der Waals surface area contributed by atoms with E-state index in [9.17, 15) is 4.79 Å². The van der Waals surface area contributed by atoms with Crippen LogP contribution in [0, 0.1) is 0 Å². The summed E-state index contributed by atoms with van der Waals surface area (Å²) in [5, 5.41) is 10.8. The van der Waals surface area contributed by atoms with Gasteiger partial charge >= 0.3 is 6.01 Å². The highest BCUT2D eigenvalue weighted by Gasteiger charge is 2.14. The van der Waals surface area contributed by atoms with Crippen LogP contribution in [0.3, 0.4) is 0 Å². The topological polar surface area (TPSA) is 86.5 Å². The second-order valence-electron chi connectivity index (χ2n) is 4.94. The minimum atomic E-state index is -0.376. The van der Waals surface area contributed by atoms with Gasteiger partial charge in [0.25, 0.3) is 5.91 Å². The number of aromatic nitrogens is 2. The molecule has 1 aromatic heterocycles. The number of halogens is 1. The number of amides is 1. The highest BCUT2D eigenvalue weighted by molar-refractivity contribution is 6.30. The molecule has 25 heavy (non-hydrogen) atoms. The predicted molar refractivity (Wildman–Crippen MR) is 92.2 cm³/mol. The molecule has 0 radical (unpaired) electrons. The molecule has 3 rings (SSSR count). The largest absolute Gasteiger partial charge is 0.493 e. The molecule has 0 bridgehead atoms. The van der Waals surface area contributed by atoms with Crippen LogP contribution in [0.15, 0.2) is 46.9 Å². The maximum atomic E-state index is 12.1. The summed E-state index contributed by atoms with van der Waals surface area (Å²) in [5.74, 6) is 0.985. The first kappa shape index (κ1) is 16.8. The molecule has 8 heteroatoms. The zero-order valence-corrected chi connectivity index (χ0v) is 14.2. The van der Waals surface area contributed by atoms with Crippen LogP contribution in [0.5, 0.6) is 11.5 Å². The summed E-state index contributed by atoms with van der Waals surface area (Å²) in [5.41, 5.74) is 1.06. The van der Waals surface area contributed by atoms with Crippen molar-refractivity contribution in [3.8, 4) is 23.0 Å². The Morgan fingerprint density at radius 3 is 2.44 bits per heavy atom. The number of carbonyl (C=O) groups is 1. The van der Waals surface area contributed by atoms with Crippen LogP contribution in [-0.2, 0) is 0 Å². The van der Waals surface area contributed by atoms with E-state index in [-0.39, 0.29) is 17.8 Å². The number of rotatable bonds is 5. The van der Waals surface area contributed by atoms with Crippen molar-refractivity contribution in [1.29, 1.82) is 0 Å². The second kappa shape index (κ2) is 7.23. The number of nitrogens with zero attached hydrogens (tertiary/aromatic N) is 2. The van der Waals surface area contributed by atoms with E-state index in [0.717, 1.165) is 0 Å². The Morgan fingerprint density at radius 1 is 1.04 bits per heavy atom. The van der Waals surface area contributed by atoms with Crippen molar-refractivity contribution in [3.63, 3.8) is 0 Å².